The van der Waals surface area contributed by atoms with Crippen molar-refractivity contribution in [2.24, 2.45) is 0 Å². The second-order valence-electron chi connectivity index (χ2n) is 3.49. The highest BCUT2D eigenvalue weighted by molar-refractivity contribution is 5.85. The number of nitrogen functional groups attached to an aromatic ring is 1. The van der Waals surface area contributed by atoms with Crippen molar-refractivity contribution in [2.75, 3.05) is 38.6 Å². The molecule has 0 amide bonds. The lowest BCUT2D eigenvalue weighted by Gasteiger charge is -2.26. The highest BCUT2D eigenvalue weighted by atomic mass is 35.5. The second-order valence-corrected chi connectivity index (χ2v) is 3.49. The molecule has 2 N–H and O–H groups in total. The average molecular weight is 233 g/mol. The van der Waals surface area contributed by atoms with Gasteiger partial charge in [0, 0.05) is 25.8 Å². The highest BCUT2D eigenvalue weighted by Crippen LogP contribution is 2.00. The summed E-state index contributed by atoms with van der Waals surface area (Å²) in [6, 6.07) is 0. The Bertz CT molecular complexity index is 285. The van der Waals surface area contributed by atoms with E-state index in [9.17, 15) is 0 Å². The van der Waals surface area contributed by atoms with Crippen LogP contribution in [0.3, 0.4) is 0 Å². The first kappa shape index (κ1) is 12.3. The summed E-state index contributed by atoms with van der Waals surface area (Å²) in [7, 11) is 0. The molecule has 1 aliphatic rings. The summed E-state index contributed by atoms with van der Waals surface area (Å²) in [5.74, 6) is 0. The Morgan fingerprint density at radius 3 is 2.67 bits per heavy atom. The average Bonchev–Trinajstić information content (AvgIpc) is 2.63. The number of halogens is 1. The van der Waals surface area contributed by atoms with Gasteiger partial charge < -0.3 is 10.5 Å². The SMILES string of the molecule is Cl.Nc1cnn(CCN2CCOCC2)c1. The van der Waals surface area contributed by atoms with E-state index in [0.717, 1.165) is 45.1 Å². The Morgan fingerprint density at radius 2 is 2.07 bits per heavy atom. The molecule has 5 nitrogen and oxygen atoms in total. The number of aromatic nitrogens is 2. The monoisotopic (exact) mass is 232 g/mol. The van der Waals surface area contributed by atoms with E-state index in [2.05, 4.69) is 10.00 Å². The smallest absolute Gasteiger partial charge is 0.0719 e. The first-order chi connectivity index (χ1) is 6.84. The zero-order valence-electron chi connectivity index (χ0n) is 8.63. The minimum Gasteiger partial charge on any atom is -0.396 e. The third-order valence-electron chi connectivity index (χ3n) is 2.40. The molecule has 0 saturated carbocycles. The summed E-state index contributed by atoms with van der Waals surface area (Å²) in [5.41, 5.74) is 6.30. The van der Waals surface area contributed by atoms with Crippen molar-refractivity contribution in [1.82, 2.24) is 14.7 Å². The maximum absolute atomic E-state index is 5.57. The van der Waals surface area contributed by atoms with Crippen LogP contribution in [-0.4, -0.2) is 47.5 Å². The van der Waals surface area contributed by atoms with Crippen LogP contribution in [0.4, 0.5) is 5.69 Å². The molecule has 0 bridgehead atoms. The lowest BCUT2D eigenvalue weighted by atomic mass is 10.4. The molecule has 1 aromatic heterocycles. The van der Waals surface area contributed by atoms with Crippen LogP contribution in [0.2, 0.25) is 0 Å². The molecule has 2 heterocycles. The molecule has 6 heteroatoms. The number of ether oxygens (including phenoxy) is 1. The van der Waals surface area contributed by atoms with Gasteiger partial charge in [0.1, 0.15) is 0 Å². The van der Waals surface area contributed by atoms with E-state index >= 15 is 0 Å². The Kier molecular flexibility index (Phi) is 4.87. The molecule has 15 heavy (non-hydrogen) atoms. The van der Waals surface area contributed by atoms with Crippen LogP contribution in [0, 0.1) is 0 Å². The van der Waals surface area contributed by atoms with Crippen LogP contribution in [0.1, 0.15) is 0 Å². The largest absolute Gasteiger partial charge is 0.396 e. The van der Waals surface area contributed by atoms with E-state index in [1.807, 2.05) is 10.9 Å². The number of nitrogens with two attached hydrogens (primary N) is 1. The number of anilines is 1. The standard InChI is InChI=1S/C9H16N4O.ClH/c10-9-7-11-13(8-9)2-1-12-3-5-14-6-4-12;/h7-8H,1-6,10H2;1H. The third-order valence-corrected chi connectivity index (χ3v) is 2.40. The molecule has 1 fully saturated rings. The number of morpholine rings is 1. The second kappa shape index (κ2) is 5.95. The van der Waals surface area contributed by atoms with E-state index in [4.69, 9.17) is 10.5 Å². The first-order valence-electron chi connectivity index (χ1n) is 4.92. The molecule has 1 aliphatic heterocycles. The summed E-state index contributed by atoms with van der Waals surface area (Å²) >= 11 is 0. The van der Waals surface area contributed by atoms with Gasteiger partial charge in [-0.1, -0.05) is 0 Å². The van der Waals surface area contributed by atoms with E-state index < -0.39 is 0 Å². The molecular formula is C9H17ClN4O. The van der Waals surface area contributed by atoms with Gasteiger partial charge in [0.2, 0.25) is 0 Å². The molecule has 0 aromatic carbocycles. The van der Waals surface area contributed by atoms with Crippen LogP contribution in [0.25, 0.3) is 0 Å². The van der Waals surface area contributed by atoms with Crippen LogP contribution < -0.4 is 5.73 Å². The summed E-state index contributed by atoms with van der Waals surface area (Å²) in [6.45, 7) is 5.66. The minimum atomic E-state index is 0. The number of rotatable bonds is 3. The van der Waals surface area contributed by atoms with Crippen molar-refractivity contribution >= 4 is 18.1 Å². The Labute approximate surface area is 95.6 Å². The van der Waals surface area contributed by atoms with Crippen LogP contribution in [0.5, 0.6) is 0 Å². The maximum atomic E-state index is 5.57. The van der Waals surface area contributed by atoms with Crippen molar-refractivity contribution in [1.29, 1.82) is 0 Å². The molecule has 1 aromatic rings. The van der Waals surface area contributed by atoms with Crippen molar-refractivity contribution in [3.05, 3.63) is 12.4 Å². The molecule has 0 aliphatic carbocycles. The zero-order valence-corrected chi connectivity index (χ0v) is 9.45. The van der Waals surface area contributed by atoms with Gasteiger partial charge in [-0.15, -0.1) is 12.4 Å². The van der Waals surface area contributed by atoms with Crippen LogP contribution >= 0.6 is 12.4 Å². The van der Waals surface area contributed by atoms with Gasteiger partial charge in [0.25, 0.3) is 0 Å². The van der Waals surface area contributed by atoms with Crippen LogP contribution in [0.15, 0.2) is 12.4 Å². The van der Waals surface area contributed by atoms with E-state index in [1.165, 1.54) is 0 Å². The zero-order chi connectivity index (χ0) is 9.80. The van der Waals surface area contributed by atoms with Gasteiger partial charge in [0.05, 0.1) is 31.6 Å². The van der Waals surface area contributed by atoms with E-state index in [-0.39, 0.29) is 12.4 Å². The van der Waals surface area contributed by atoms with Gasteiger partial charge in [-0.2, -0.15) is 5.10 Å². The predicted octanol–water partition coefficient (Wildman–Crippen LogP) is 0.219. The molecule has 0 unspecified atom stereocenters. The fourth-order valence-corrected chi connectivity index (χ4v) is 1.57. The minimum absolute atomic E-state index is 0. The lowest BCUT2D eigenvalue weighted by Crippen LogP contribution is -2.38. The topological polar surface area (TPSA) is 56.3 Å². The summed E-state index contributed by atoms with van der Waals surface area (Å²) in [6.07, 6.45) is 3.54. The lowest BCUT2D eigenvalue weighted by molar-refractivity contribution is 0.0360. The van der Waals surface area contributed by atoms with Gasteiger partial charge in [-0.3, -0.25) is 9.58 Å². The van der Waals surface area contributed by atoms with Gasteiger partial charge in [0.15, 0.2) is 0 Å². The number of hydrogen-bond donors (Lipinski definition) is 1. The van der Waals surface area contributed by atoms with Crippen LogP contribution in [-0.2, 0) is 11.3 Å². The molecule has 0 radical (unpaired) electrons. The summed E-state index contributed by atoms with van der Waals surface area (Å²) in [5, 5.41) is 4.13. The number of hydrogen-bond acceptors (Lipinski definition) is 4. The Balaban J connectivity index is 0.00000112. The first-order valence-corrected chi connectivity index (χ1v) is 4.92. The van der Waals surface area contributed by atoms with Crippen molar-refractivity contribution in [3.63, 3.8) is 0 Å². The Morgan fingerprint density at radius 1 is 1.33 bits per heavy atom. The number of nitrogens with zero attached hydrogens (tertiary/aromatic N) is 3. The van der Waals surface area contributed by atoms with Gasteiger partial charge >= 0.3 is 0 Å². The molecule has 2 rings (SSSR count). The summed E-state index contributed by atoms with van der Waals surface area (Å²) in [4.78, 5) is 2.38. The third kappa shape index (κ3) is 3.70. The fraction of sp³-hybridized carbons (Fsp3) is 0.667. The molecule has 86 valence electrons. The van der Waals surface area contributed by atoms with Gasteiger partial charge in [-0.25, -0.2) is 0 Å². The predicted molar refractivity (Wildman–Crippen MR) is 61.1 cm³/mol. The van der Waals surface area contributed by atoms with Gasteiger partial charge in [-0.05, 0) is 0 Å². The van der Waals surface area contributed by atoms with E-state index in [0.29, 0.717) is 0 Å². The molecule has 1 saturated heterocycles. The quantitative estimate of drug-likeness (QED) is 0.810. The Hall–Kier alpha value is -0.780. The van der Waals surface area contributed by atoms with Crippen molar-refractivity contribution in [3.8, 4) is 0 Å². The van der Waals surface area contributed by atoms with Crippen molar-refractivity contribution < 1.29 is 4.74 Å². The molecule has 0 spiro atoms. The maximum Gasteiger partial charge on any atom is 0.0719 e. The normalized spacial score (nSPS) is 17.3. The fourth-order valence-electron chi connectivity index (χ4n) is 1.57. The highest BCUT2D eigenvalue weighted by Gasteiger charge is 2.09. The summed E-state index contributed by atoms with van der Waals surface area (Å²) < 4.78 is 7.15. The van der Waals surface area contributed by atoms with Crippen molar-refractivity contribution in [2.45, 2.75) is 6.54 Å². The molecule has 0 atom stereocenters. The van der Waals surface area contributed by atoms with E-state index in [1.54, 1.807) is 6.20 Å². The molecular weight excluding hydrogens is 216 g/mol.